The lowest BCUT2D eigenvalue weighted by Crippen LogP contribution is -2.30. The predicted octanol–water partition coefficient (Wildman–Crippen LogP) is 3.15. The van der Waals surface area contributed by atoms with Crippen LogP contribution in [-0.4, -0.2) is 34.9 Å². The van der Waals surface area contributed by atoms with Crippen molar-refractivity contribution in [3.8, 4) is 0 Å². The minimum Gasteiger partial charge on any atom is -0.345 e. The van der Waals surface area contributed by atoms with Crippen molar-refractivity contribution in [1.82, 2.24) is 9.47 Å². The number of aryl methyl sites for hydroxylation is 1. The average Bonchev–Trinajstić information content (AvgIpc) is 2.68. The normalized spacial score (nSPS) is 10.6. The Labute approximate surface area is 121 Å². The van der Waals surface area contributed by atoms with Crippen LogP contribution in [0.1, 0.15) is 21.7 Å². The average molecular weight is 272 g/mol. The lowest BCUT2D eigenvalue weighted by atomic mass is 10.1. The van der Waals surface area contributed by atoms with E-state index in [2.05, 4.69) is 24.3 Å². The summed E-state index contributed by atoms with van der Waals surface area (Å²) in [6, 6.07) is 1.96. The Hall–Kier alpha value is -1.87. The van der Waals surface area contributed by atoms with Gasteiger partial charge >= 0.3 is 0 Å². The first-order valence-corrected chi connectivity index (χ1v) is 6.80. The molecule has 1 aromatic rings. The van der Waals surface area contributed by atoms with Gasteiger partial charge in [-0.15, -0.1) is 19.7 Å². The molecule has 0 atom stereocenters. The van der Waals surface area contributed by atoms with Crippen LogP contribution in [0.15, 0.2) is 44.0 Å². The molecule has 3 nitrogen and oxygen atoms in total. The number of hydrogen-bond acceptors (Lipinski definition) is 2. The summed E-state index contributed by atoms with van der Waals surface area (Å²) in [7, 11) is 0. The van der Waals surface area contributed by atoms with Crippen molar-refractivity contribution in [2.24, 2.45) is 0 Å². The number of carbonyl (C=O) groups is 1. The first kappa shape index (κ1) is 16.2. The zero-order chi connectivity index (χ0) is 15.1. The Morgan fingerprint density at radius 1 is 1.20 bits per heavy atom. The Bertz CT molecular complexity index is 501. The SMILES string of the molecule is C=CCN(CC=C)CC(=O)c1cc(C)n(CC=C)c1C. The van der Waals surface area contributed by atoms with E-state index in [1.165, 1.54) is 0 Å². The molecule has 1 aromatic heterocycles. The van der Waals surface area contributed by atoms with E-state index in [4.69, 9.17) is 0 Å². The van der Waals surface area contributed by atoms with Crippen LogP contribution in [0.2, 0.25) is 0 Å². The third-order valence-corrected chi connectivity index (χ3v) is 3.33. The number of rotatable bonds is 9. The molecule has 0 N–H and O–H groups in total. The summed E-state index contributed by atoms with van der Waals surface area (Å²) in [5.41, 5.74) is 2.89. The molecule has 0 radical (unpaired) electrons. The second kappa shape index (κ2) is 7.65. The largest absolute Gasteiger partial charge is 0.345 e. The predicted molar refractivity (Wildman–Crippen MR) is 85.3 cm³/mol. The molecule has 0 aliphatic rings. The zero-order valence-corrected chi connectivity index (χ0v) is 12.6. The van der Waals surface area contributed by atoms with Gasteiger partial charge in [0, 0.05) is 36.6 Å². The highest BCUT2D eigenvalue weighted by Crippen LogP contribution is 2.16. The van der Waals surface area contributed by atoms with Gasteiger partial charge in [-0.25, -0.2) is 0 Å². The molecular weight excluding hydrogens is 248 g/mol. The van der Waals surface area contributed by atoms with Crippen LogP contribution < -0.4 is 0 Å². The van der Waals surface area contributed by atoms with Crippen molar-refractivity contribution in [1.29, 1.82) is 0 Å². The maximum Gasteiger partial charge on any atom is 0.178 e. The van der Waals surface area contributed by atoms with Crippen LogP contribution in [-0.2, 0) is 6.54 Å². The van der Waals surface area contributed by atoms with Crippen LogP contribution in [0.5, 0.6) is 0 Å². The van der Waals surface area contributed by atoms with Gasteiger partial charge in [-0.2, -0.15) is 0 Å². The lowest BCUT2D eigenvalue weighted by molar-refractivity contribution is 0.0944. The molecule has 0 amide bonds. The second-order valence-corrected chi connectivity index (χ2v) is 4.88. The fourth-order valence-electron chi connectivity index (χ4n) is 2.35. The highest BCUT2D eigenvalue weighted by Gasteiger charge is 2.17. The standard InChI is InChI=1S/C17H24N2O/c1-6-9-18(10-7-2)13-17(20)16-12-14(4)19(11-8-3)15(16)5/h6-8,12H,1-3,9-11,13H2,4-5H3. The van der Waals surface area contributed by atoms with Crippen molar-refractivity contribution >= 4 is 5.78 Å². The van der Waals surface area contributed by atoms with Gasteiger partial charge in [0.2, 0.25) is 0 Å². The third-order valence-electron chi connectivity index (χ3n) is 3.33. The summed E-state index contributed by atoms with van der Waals surface area (Å²) in [5, 5.41) is 0. The molecule has 0 spiro atoms. The molecule has 0 unspecified atom stereocenters. The van der Waals surface area contributed by atoms with E-state index in [0.717, 1.165) is 23.5 Å². The molecule has 0 aromatic carbocycles. The second-order valence-electron chi connectivity index (χ2n) is 4.88. The molecular formula is C17H24N2O. The molecule has 0 aliphatic heterocycles. The summed E-state index contributed by atoms with van der Waals surface area (Å²) in [5.74, 6) is 0.136. The van der Waals surface area contributed by atoms with E-state index in [-0.39, 0.29) is 5.78 Å². The number of ketones is 1. The Kier molecular flexibility index (Phi) is 6.19. The summed E-state index contributed by atoms with van der Waals surface area (Å²) < 4.78 is 2.10. The lowest BCUT2D eigenvalue weighted by Gasteiger charge is -2.17. The van der Waals surface area contributed by atoms with E-state index in [0.29, 0.717) is 19.6 Å². The first-order chi connectivity index (χ1) is 9.54. The maximum atomic E-state index is 12.4. The highest BCUT2D eigenvalue weighted by atomic mass is 16.1. The van der Waals surface area contributed by atoms with E-state index in [1.54, 1.807) is 12.2 Å². The molecule has 20 heavy (non-hydrogen) atoms. The summed E-state index contributed by atoms with van der Waals surface area (Å²) in [6.07, 6.45) is 5.45. The maximum absolute atomic E-state index is 12.4. The number of nitrogens with zero attached hydrogens (tertiary/aromatic N) is 2. The van der Waals surface area contributed by atoms with Crippen molar-refractivity contribution in [3.63, 3.8) is 0 Å². The molecule has 1 heterocycles. The fraction of sp³-hybridized carbons (Fsp3) is 0.353. The van der Waals surface area contributed by atoms with Crippen LogP contribution in [0, 0.1) is 13.8 Å². The molecule has 108 valence electrons. The molecule has 0 fully saturated rings. The molecule has 3 heteroatoms. The quantitative estimate of drug-likeness (QED) is 0.509. The van der Waals surface area contributed by atoms with Crippen molar-refractivity contribution in [2.75, 3.05) is 19.6 Å². The Balaban J connectivity index is 2.91. The molecule has 1 rings (SSSR count). The van der Waals surface area contributed by atoms with Crippen LogP contribution in [0.4, 0.5) is 0 Å². The van der Waals surface area contributed by atoms with Crippen molar-refractivity contribution in [2.45, 2.75) is 20.4 Å². The Morgan fingerprint density at radius 2 is 1.80 bits per heavy atom. The van der Waals surface area contributed by atoms with E-state index in [9.17, 15) is 4.79 Å². The van der Waals surface area contributed by atoms with E-state index < -0.39 is 0 Å². The number of allylic oxidation sites excluding steroid dienone is 1. The van der Waals surface area contributed by atoms with Crippen molar-refractivity contribution in [3.05, 3.63) is 61.0 Å². The molecule has 0 bridgehead atoms. The Morgan fingerprint density at radius 3 is 2.30 bits per heavy atom. The fourth-order valence-corrected chi connectivity index (χ4v) is 2.35. The highest BCUT2D eigenvalue weighted by molar-refractivity contribution is 5.99. The molecule has 0 saturated carbocycles. The van der Waals surface area contributed by atoms with Gasteiger partial charge in [0.15, 0.2) is 5.78 Å². The number of Topliss-reactive ketones (excluding diaryl/α,β-unsaturated/α-hetero) is 1. The van der Waals surface area contributed by atoms with Gasteiger partial charge in [-0.05, 0) is 19.9 Å². The van der Waals surface area contributed by atoms with Gasteiger partial charge in [0.1, 0.15) is 0 Å². The minimum atomic E-state index is 0.136. The first-order valence-electron chi connectivity index (χ1n) is 6.80. The molecule has 0 saturated heterocycles. The van der Waals surface area contributed by atoms with Gasteiger partial charge in [0.25, 0.3) is 0 Å². The summed E-state index contributed by atoms with van der Waals surface area (Å²) in [6.45, 7) is 17.7. The van der Waals surface area contributed by atoms with E-state index in [1.807, 2.05) is 30.9 Å². The van der Waals surface area contributed by atoms with E-state index >= 15 is 0 Å². The third kappa shape index (κ3) is 3.81. The molecule has 0 aliphatic carbocycles. The summed E-state index contributed by atoms with van der Waals surface area (Å²) in [4.78, 5) is 14.5. The topological polar surface area (TPSA) is 25.2 Å². The van der Waals surface area contributed by atoms with Gasteiger partial charge in [0.05, 0.1) is 6.54 Å². The smallest absolute Gasteiger partial charge is 0.178 e. The van der Waals surface area contributed by atoms with Crippen LogP contribution >= 0.6 is 0 Å². The number of hydrogen-bond donors (Lipinski definition) is 0. The van der Waals surface area contributed by atoms with Gasteiger partial charge in [-0.3, -0.25) is 9.69 Å². The van der Waals surface area contributed by atoms with Crippen molar-refractivity contribution < 1.29 is 4.79 Å². The summed E-state index contributed by atoms with van der Waals surface area (Å²) >= 11 is 0. The monoisotopic (exact) mass is 272 g/mol. The van der Waals surface area contributed by atoms with Gasteiger partial charge in [-0.1, -0.05) is 18.2 Å². The van der Waals surface area contributed by atoms with Gasteiger partial charge < -0.3 is 4.57 Å². The number of carbonyl (C=O) groups excluding carboxylic acids is 1. The number of aromatic nitrogens is 1. The zero-order valence-electron chi connectivity index (χ0n) is 12.6. The van der Waals surface area contributed by atoms with Crippen LogP contribution in [0.3, 0.4) is 0 Å². The van der Waals surface area contributed by atoms with Crippen LogP contribution in [0.25, 0.3) is 0 Å². The minimum absolute atomic E-state index is 0.136.